The van der Waals surface area contributed by atoms with E-state index in [-0.39, 0.29) is 25.0 Å². The molecule has 0 saturated heterocycles. The summed E-state index contributed by atoms with van der Waals surface area (Å²) in [4.78, 5) is 26.5. The zero-order valence-electron chi connectivity index (χ0n) is 15.9. The number of nitrogens with zero attached hydrogens (tertiary/aromatic N) is 1. The van der Waals surface area contributed by atoms with E-state index >= 15 is 0 Å². The number of nitrogens with one attached hydrogen (secondary N) is 1. The average Bonchev–Trinajstić information content (AvgIpc) is 3.15. The Morgan fingerprint density at radius 1 is 1.14 bits per heavy atom. The van der Waals surface area contributed by atoms with Gasteiger partial charge in [-0.05, 0) is 49.2 Å². The second-order valence-corrected chi connectivity index (χ2v) is 6.94. The number of rotatable bonds is 5. The third-order valence-corrected chi connectivity index (χ3v) is 4.81. The van der Waals surface area contributed by atoms with Gasteiger partial charge in [-0.15, -0.1) is 0 Å². The highest BCUT2D eigenvalue weighted by Crippen LogP contribution is 2.35. The lowest BCUT2D eigenvalue weighted by Gasteiger charge is -2.33. The highest BCUT2D eigenvalue weighted by molar-refractivity contribution is 6.00. The van der Waals surface area contributed by atoms with Crippen molar-refractivity contribution in [2.75, 3.05) is 18.2 Å². The van der Waals surface area contributed by atoms with E-state index < -0.39 is 6.10 Å². The van der Waals surface area contributed by atoms with Crippen molar-refractivity contribution in [3.05, 3.63) is 47.5 Å². The second-order valence-electron chi connectivity index (χ2n) is 6.94. The minimum absolute atomic E-state index is 0.126. The molecule has 4 rings (SSSR count). The van der Waals surface area contributed by atoms with Gasteiger partial charge in [0, 0.05) is 19.5 Å². The summed E-state index contributed by atoms with van der Waals surface area (Å²) in [7, 11) is 0. The van der Waals surface area contributed by atoms with Crippen LogP contribution in [0.15, 0.2) is 36.4 Å². The average molecular weight is 382 g/mol. The predicted octanol–water partition coefficient (Wildman–Crippen LogP) is 2.54. The van der Waals surface area contributed by atoms with Gasteiger partial charge in [-0.25, -0.2) is 0 Å². The Morgan fingerprint density at radius 2 is 1.93 bits per heavy atom. The molecule has 7 nitrogen and oxygen atoms in total. The van der Waals surface area contributed by atoms with Gasteiger partial charge >= 0.3 is 0 Å². The molecule has 0 aromatic heterocycles. The first-order chi connectivity index (χ1) is 13.5. The van der Waals surface area contributed by atoms with Gasteiger partial charge in [0.1, 0.15) is 5.75 Å². The van der Waals surface area contributed by atoms with E-state index in [1.807, 2.05) is 43.3 Å². The van der Waals surface area contributed by atoms with Crippen LogP contribution in [0.3, 0.4) is 0 Å². The molecule has 2 heterocycles. The summed E-state index contributed by atoms with van der Waals surface area (Å²) >= 11 is 0. The maximum absolute atomic E-state index is 12.5. The van der Waals surface area contributed by atoms with Gasteiger partial charge in [0.05, 0.1) is 5.69 Å². The summed E-state index contributed by atoms with van der Waals surface area (Å²) in [5.74, 6) is 1.80. The van der Waals surface area contributed by atoms with E-state index in [0.29, 0.717) is 36.0 Å². The Hall–Kier alpha value is -3.22. The Kier molecular flexibility index (Phi) is 4.81. The first kappa shape index (κ1) is 18.2. The summed E-state index contributed by atoms with van der Waals surface area (Å²) in [5, 5.41) is 2.89. The summed E-state index contributed by atoms with van der Waals surface area (Å²) in [6.07, 6.45) is -0.358. The second kappa shape index (κ2) is 7.42. The molecule has 1 N–H and O–H groups in total. The maximum atomic E-state index is 12.5. The fraction of sp³-hybridized carbons (Fsp3) is 0.333. The molecule has 2 aliphatic rings. The Bertz CT molecular complexity index is 927. The molecule has 0 fully saturated rings. The van der Waals surface area contributed by atoms with E-state index in [9.17, 15) is 9.59 Å². The van der Waals surface area contributed by atoms with Gasteiger partial charge in [0.2, 0.25) is 12.7 Å². The summed E-state index contributed by atoms with van der Waals surface area (Å²) < 4.78 is 16.3. The van der Waals surface area contributed by atoms with Crippen LogP contribution in [0.25, 0.3) is 0 Å². The molecule has 0 unspecified atom stereocenters. The highest BCUT2D eigenvalue weighted by atomic mass is 16.7. The highest BCUT2D eigenvalue weighted by Gasteiger charge is 2.31. The molecule has 0 spiro atoms. The lowest BCUT2D eigenvalue weighted by Crippen LogP contribution is -2.45. The van der Waals surface area contributed by atoms with Crippen molar-refractivity contribution >= 4 is 17.5 Å². The van der Waals surface area contributed by atoms with E-state index in [1.54, 1.807) is 11.8 Å². The van der Waals surface area contributed by atoms with Gasteiger partial charge < -0.3 is 24.4 Å². The number of hydrogen-bond donors (Lipinski definition) is 1. The molecule has 1 atom stereocenters. The molecule has 0 bridgehead atoms. The molecular formula is C21H22N2O5. The molecule has 0 radical (unpaired) electrons. The number of fused-ring (bicyclic) bond motifs is 2. The normalized spacial score (nSPS) is 17.1. The summed E-state index contributed by atoms with van der Waals surface area (Å²) in [5.41, 5.74) is 2.67. The van der Waals surface area contributed by atoms with Crippen molar-refractivity contribution in [3.63, 3.8) is 0 Å². The van der Waals surface area contributed by atoms with Crippen LogP contribution in [0.2, 0.25) is 0 Å². The molecular weight excluding hydrogens is 360 g/mol. The predicted molar refractivity (Wildman–Crippen MR) is 103 cm³/mol. The first-order valence-corrected chi connectivity index (χ1v) is 9.25. The van der Waals surface area contributed by atoms with Crippen molar-refractivity contribution in [2.24, 2.45) is 0 Å². The number of hydrogen-bond acceptors (Lipinski definition) is 5. The zero-order valence-corrected chi connectivity index (χ0v) is 15.9. The number of aryl methyl sites for hydroxylation is 1. The first-order valence-electron chi connectivity index (χ1n) is 9.25. The van der Waals surface area contributed by atoms with Crippen LogP contribution in [0, 0.1) is 6.92 Å². The van der Waals surface area contributed by atoms with Crippen molar-refractivity contribution in [2.45, 2.75) is 32.9 Å². The van der Waals surface area contributed by atoms with Crippen molar-refractivity contribution in [1.82, 2.24) is 5.32 Å². The van der Waals surface area contributed by atoms with Gasteiger partial charge in [-0.3, -0.25) is 9.59 Å². The van der Waals surface area contributed by atoms with E-state index in [2.05, 4.69) is 5.32 Å². The SMILES string of the molecule is Cc1ccc2c(c1)N(CCC(=O)NCc1ccc3c(c1)OCO3)C(=O)[C@H](C)O2. The fourth-order valence-electron chi connectivity index (χ4n) is 3.30. The van der Waals surface area contributed by atoms with Crippen LogP contribution in [-0.4, -0.2) is 31.3 Å². The lowest BCUT2D eigenvalue weighted by atomic mass is 10.1. The topological polar surface area (TPSA) is 77.1 Å². The molecule has 2 amide bonds. The number of carbonyl (C=O) groups is 2. The van der Waals surface area contributed by atoms with Crippen molar-refractivity contribution in [1.29, 1.82) is 0 Å². The molecule has 2 aliphatic heterocycles. The van der Waals surface area contributed by atoms with Crippen LogP contribution in [-0.2, 0) is 16.1 Å². The molecule has 28 heavy (non-hydrogen) atoms. The molecule has 146 valence electrons. The van der Waals surface area contributed by atoms with Gasteiger partial charge in [0.25, 0.3) is 5.91 Å². The minimum atomic E-state index is -0.563. The summed E-state index contributed by atoms with van der Waals surface area (Å²) in [6, 6.07) is 11.3. The molecule has 2 aromatic carbocycles. The number of anilines is 1. The van der Waals surface area contributed by atoms with Gasteiger partial charge in [-0.2, -0.15) is 0 Å². The smallest absolute Gasteiger partial charge is 0.267 e. The van der Waals surface area contributed by atoms with Gasteiger partial charge in [0.15, 0.2) is 17.6 Å². The Labute approximate surface area is 163 Å². The van der Waals surface area contributed by atoms with E-state index in [4.69, 9.17) is 14.2 Å². The number of amides is 2. The standard InChI is InChI=1S/C21H22N2O5/c1-13-3-5-17-16(9-13)23(21(25)14(2)28-17)8-7-20(24)22-11-15-4-6-18-19(10-15)27-12-26-18/h3-6,9-10,14H,7-8,11-12H2,1-2H3,(H,22,24)/t14-/m0/s1. The minimum Gasteiger partial charge on any atom is -0.479 e. The molecule has 0 aliphatic carbocycles. The maximum Gasteiger partial charge on any atom is 0.267 e. The molecule has 2 aromatic rings. The molecule has 7 heteroatoms. The third-order valence-electron chi connectivity index (χ3n) is 4.81. The quantitative estimate of drug-likeness (QED) is 0.860. The van der Waals surface area contributed by atoms with Crippen LogP contribution < -0.4 is 24.4 Å². The lowest BCUT2D eigenvalue weighted by molar-refractivity contribution is -0.125. The van der Waals surface area contributed by atoms with Crippen LogP contribution in [0.1, 0.15) is 24.5 Å². The zero-order chi connectivity index (χ0) is 19.7. The van der Waals surface area contributed by atoms with E-state index in [0.717, 1.165) is 11.1 Å². The summed E-state index contributed by atoms with van der Waals surface area (Å²) in [6.45, 7) is 4.59. The van der Waals surface area contributed by atoms with Crippen LogP contribution >= 0.6 is 0 Å². The largest absolute Gasteiger partial charge is 0.479 e. The number of ether oxygens (including phenoxy) is 3. The van der Waals surface area contributed by atoms with Crippen molar-refractivity contribution < 1.29 is 23.8 Å². The van der Waals surface area contributed by atoms with Gasteiger partial charge in [-0.1, -0.05) is 12.1 Å². The van der Waals surface area contributed by atoms with Crippen LogP contribution in [0.5, 0.6) is 17.2 Å². The molecule has 0 saturated carbocycles. The Balaban J connectivity index is 1.37. The number of benzene rings is 2. The Morgan fingerprint density at radius 3 is 2.79 bits per heavy atom. The van der Waals surface area contributed by atoms with Crippen LogP contribution in [0.4, 0.5) is 5.69 Å². The number of carbonyl (C=O) groups excluding carboxylic acids is 2. The monoisotopic (exact) mass is 382 g/mol. The third kappa shape index (κ3) is 3.60. The van der Waals surface area contributed by atoms with E-state index in [1.165, 1.54) is 0 Å². The van der Waals surface area contributed by atoms with Crippen molar-refractivity contribution in [3.8, 4) is 17.2 Å². The fourth-order valence-corrected chi connectivity index (χ4v) is 3.30.